The van der Waals surface area contributed by atoms with Crippen LogP contribution in [0.1, 0.15) is 22.8 Å². The lowest BCUT2D eigenvalue weighted by Gasteiger charge is -2.12. The molecule has 0 saturated carbocycles. The second-order valence-corrected chi connectivity index (χ2v) is 5.10. The van der Waals surface area contributed by atoms with Crippen molar-refractivity contribution in [2.24, 2.45) is 0 Å². The number of phenols is 2. The third kappa shape index (κ3) is 2.59. The first-order valence-electron chi connectivity index (χ1n) is 7.33. The summed E-state index contributed by atoms with van der Waals surface area (Å²) in [5.74, 6) is -0.134. The summed E-state index contributed by atoms with van der Waals surface area (Å²) in [6, 6.07) is 15.0. The normalized spacial score (nSPS) is 10.7. The summed E-state index contributed by atoms with van der Waals surface area (Å²) in [5.41, 5.74) is 0.396. The molecule has 4 nitrogen and oxygen atoms in total. The fourth-order valence-electron chi connectivity index (χ4n) is 2.59. The van der Waals surface area contributed by atoms with Crippen LogP contribution in [-0.4, -0.2) is 22.6 Å². The van der Waals surface area contributed by atoms with Gasteiger partial charge in [0.1, 0.15) is 17.2 Å². The van der Waals surface area contributed by atoms with E-state index in [1.807, 2.05) is 6.92 Å². The molecular formula is C19H16O4. The molecule has 0 aliphatic rings. The summed E-state index contributed by atoms with van der Waals surface area (Å²) in [6.45, 7) is 2.26. The number of para-hydroxylation sites is 1. The highest BCUT2D eigenvalue weighted by Gasteiger charge is 2.20. The Hall–Kier alpha value is -3.01. The number of aromatic hydroxyl groups is 2. The monoisotopic (exact) mass is 308 g/mol. The number of phenolic OH excluding ortho intramolecular Hbond substituents is 2. The molecule has 0 aliphatic heterocycles. The minimum atomic E-state index is -0.396. The summed E-state index contributed by atoms with van der Waals surface area (Å²) in [5, 5.41) is 21.5. The molecule has 2 N–H and O–H groups in total. The van der Waals surface area contributed by atoms with E-state index < -0.39 is 5.78 Å². The Morgan fingerprint density at radius 1 is 0.957 bits per heavy atom. The molecule has 0 amide bonds. The van der Waals surface area contributed by atoms with Crippen LogP contribution < -0.4 is 4.74 Å². The van der Waals surface area contributed by atoms with Crippen LogP contribution in [0.15, 0.2) is 54.6 Å². The van der Waals surface area contributed by atoms with Crippen molar-refractivity contribution >= 4 is 16.6 Å². The highest BCUT2D eigenvalue weighted by atomic mass is 16.5. The van der Waals surface area contributed by atoms with E-state index >= 15 is 0 Å². The van der Waals surface area contributed by atoms with E-state index in [4.69, 9.17) is 4.74 Å². The number of hydrogen-bond donors (Lipinski definition) is 2. The van der Waals surface area contributed by atoms with Gasteiger partial charge in [0.15, 0.2) is 0 Å². The van der Waals surface area contributed by atoms with Crippen molar-refractivity contribution in [1.82, 2.24) is 0 Å². The quantitative estimate of drug-likeness (QED) is 0.567. The lowest BCUT2D eigenvalue weighted by molar-refractivity contribution is 0.103. The van der Waals surface area contributed by atoms with Gasteiger partial charge >= 0.3 is 0 Å². The first kappa shape index (κ1) is 14.9. The fraction of sp³-hybridized carbons (Fsp3) is 0.105. The van der Waals surface area contributed by atoms with E-state index in [0.717, 1.165) is 0 Å². The molecule has 0 aromatic heterocycles. The minimum Gasteiger partial charge on any atom is -0.507 e. The minimum absolute atomic E-state index is 0.0457. The average Bonchev–Trinajstić information content (AvgIpc) is 2.58. The van der Waals surface area contributed by atoms with E-state index in [-0.39, 0.29) is 17.1 Å². The molecule has 3 rings (SSSR count). The van der Waals surface area contributed by atoms with Gasteiger partial charge < -0.3 is 14.9 Å². The molecule has 23 heavy (non-hydrogen) atoms. The zero-order valence-corrected chi connectivity index (χ0v) is 12.6. The lowest BCUT2D eigenvalue weighted by atomic mass is 9.97. The number of rotatable bonds is 4. The number of carbonyl (C=O) groups excluding carboxylic acids is 1. The standard InChI is InChI=1S/C19H16O4/c1-2-23-17-10-6-5-9-14(17)19(22)15-11-16(20)12-7-3-4-8-13(12)18(15)21/h3-11,20-21H,2H2,1H3. The van der Waals surface area contributed by atoms with Gasteiger partial charge in [0.05, 0.1) is 17.7 Å². The molecule has 4 heteroatoms. The Kier molecular flexibility index (Phi) is 3.89. The van der Waals surface area contributed by atoms with Gasteiger partial charge in [0.2, 0.25) is 5.78 Å². The first-order valence-corrected chi connectivity index (χ1v) is 7.33. The van der Waals surface area contributed by atoms with Gasteiger partial charge in [-0.3, -0.25) is 4.79 Å². The highest BCUT2D eigenvalue weighted by Crippen LogP contribution is 2.37. The van der Waals surface area contributed by atoms with Crippen LogP contribution in [0.4, 0.5) is 0 Å². The highest BCUT2D eigenvalue weighted by molar-refractivity contribution is 6.15. The van der Waals surface area contributed by atoms with Crippen LogP contribution in [0, 0.1) is 0 Å². The van der Waals surface area contributed by atoms with Gasteiger partial charge in [-0.25, -0.2) is 0 Å². The molecule has 3 aromatic carbocycles. The van der Waals surface area contributed by atoms with Crippen LogP contribution in [0.5, 0.6) is 17.2 Å². The third-order valence-electron chi connectivity index (χ3n) is 3.67. The maximum absolute atomic E-state index is 12.8. The average molecular weight is 308 g/mol. The number of fused-ring (bicyclic) bond motifs is 1. The Morgan fingerprint density at radius 3 is 2.35 bits per heavy atom. The molecule has 0 bridgehead atoms. The number of ether oxygens (including phenoxy) is 1. The second kappa shape index (κ2) is 6.01. The molecule has 0 heterocycles. The summed E-state index contributed by atoms with van der Waals surface area (Å²) in [6.07, 6.45) is 0. The fourth-order valence-corrected chi connectivity index (χ4v) is 2.59. The van der Waals surface area contributed by atoms with Crippen LogP contribution in [0.3, 0.4) is 0 Å². The van der Waals surface area contributed by atoms with E-state index in [9.17, 15) is 15.0 Å². The molecule has 0 radical (unpaired) electrons. The van der Waals surface area contributed by atoms with Crippen molar-refractivity contribution in [3.8, 4) is 17.2 Å². The number of ketones is 1. The Labute approximate surface area is 133 Å². The van der Waals surface area contributed by atoms with Gasteiger partial charge in [0.25, 0.3) is 0 Å². The summed E-state index contributed by atoms with van der Waals surface area (Å²) in [4.78, 5) is 12.8. The van der Waals surface area contributed by atoms with Gasteiger partial charge in [0, 0.05) is 10.8 Å². The maximum atomic E-state index is 12.8. The van der Waals surface area contributed by atoms with Crippen molar-refractivity contribution in [3.63, 3.8) is 0 Å². The second-order valence-electron chi connectivity index (χ2n) is 5.10. The summed E-state index contributed by atoms with van der Waals surface area (Å²) in [7, 11) is 0. The van der Waals surface area contributed by atoms with Crippen LogP contribution in [-0.2, 0) is 0 Å². The molecule has 116 valence electrons. The maximum Gasteiger partial charge on any atom is 0.200 e. The van der Waals surface area contributed by atoms with E-state index in [2.05, 4.69) is 0 Å². The molecule has 3 aromatic rings. The molecule has 0 spiro atoms. The Morgan fingerprint density at radius 2 is 1.61 bits per heavy atom. The summed E-state index contributed by atoms with van der Waals surface area (Å²) < 4.78 is 5.47. The number of benzene rings is 3. The number of hydrogen-bond acceptors (Lipinski definition) is 4. The zero-order valence-electron chi connectivity index (χ0n) is 12.6. The van der Waals surface area contributed by atoms with E-state index in [1.165, 1.54) is 6.07 Å². The van der Waals surface area contributed by atoms with Gasteiger partial charge in [-0.1, -0.05) is 36.4 Å². The van der Waals surface area contributed by atoms with Crippen molar-refractivity contribution in [1.29, 1.82) is 0 Å². The largest absolute Gasteiger partial charge is 0.507 e. The first-order chi connectivity index (χ1) is 11.1. The number of carbonyl (C=O) groups is 1. The molecule has 0 fully saturated rings. The van der Waals surface area contributed by atoms with E-state index in [1.54, 1.807) is 48.5 Å². The predicted molar refractivity (Wildman–Crippen MR) is 88.3 cm³/mol. The van der Waals surface area contributed by atoms with Gasteiger partial charge in [-0.2, -0.15) is 0 Å². The van der Waals surface area contributed by atoms with Crippen LogP contribution in [0.2, 0.25) is 0 Å². The molecule has 0 unspecified atom stereocenters. The molecule has 0 atom stereocenters. The lowest BCUT2D eigenvalue weighted by Crippen LogP contribution is -2.06. The topological polar surface area (TPSA) is 66.8 Å². The van der Waals surface area contributed by atoms with Crippen molar-refractivity contribution < 1.29 is 19.7 Å². The molecule has 0 aliphatic carbocycles. The predicted octanol–water partition coefficient (Wildman–Crippen LogP) is 3.88. The smallest absolute Gasteiger partial charge is 0.200 e. The van der Waals surface area contributed by atoms with Crippen molar-refractivity contribution in [2.75, 3.05) is 6.61 Å². The van der Waals surface area contributed by atoms with Crippen LogP contribution in [0.25, 0.3) is 10.8 Å². The SMILES string of the molecule is CCOc1ccccc1C(=O)c1cc(O)c2ccccc2c1O. The van der Waals surface area contributed by atoms with E-state index in [0.29, 0.717) is 28.7 Å². The van der Waals surface area contributed by atoms with Gasteiger partial charge in [-0.15, -0.1) is 0 Å². The summed E-state index contributed by atoms with van der Waals surface area (Å²) >= 11 is 0. The van der Waals surface area contributed by atoms with Crippen molar-refractivity contribution in [2.45, 2.75) is 6.92 Å². The molecule has 0 saturated heterocycles. The zero-order chi connectivity index (χ0) is 16.4. The van der Waals surface area contributed by atoms with Gasteiger partial charge in [-0.05, 0) is 25.1 Å². The van der Waals surface area contributed by atoms with Crippen molar-refractivity contribution in [3.05, 3.63) is 65.7 Å². The Bertz CT molecular complexity index is 884. The Balaban J connectivity index is 2.17. The molecular weight excluding hydrogens is 292 g/mol. The third-order valence-corrected chi connectivity index (χ3v) is 3.67. The van der Waals surface area contributed by atoms with Crippen LogP contribution >= 0.6 is 0 Å².